The quantitative estimate of drug-likeness (QED) is 0.872. The Bertz CT molecular complexity index is 467. The van der Waals surface area contributed by atoms with Crippen LogP contribution in [0.25, 0.3) is 0 Å². The Morgan fingerprint density at radius 1 is 1.37 bits per heavy atom. The van der Waals surface area contributed by atoms with Gasteiger partial charge in [0, 0.05) is 38.9 Å². The van der Waals surface area contributed by atoms with Crippen LogP contribution in [-0.2, 0) is 0 Å². The summed E-state index contributed by atoms with van der Waals surface area (Å²) >= 11 is 0. The summed E-state index contributed by atoms with van der Waals surface area (Å²) in [6.07, 6.45) is 1.65. The van der Waals surface area contributed by atoms with E-state index in [1.165, 1.54) is 0 Å². The third-order valence-electron chi connectivity index (χ3n) is 3.22. The fourth-order valence-corrected chi connectivity index (χ4v) is 2.43. The molecule has 5 heteroatoms. The minimum absolute atomic E-state index is 0.485. The number of nitriles is 1. The van der Waals surface area contributed by atoms with Crippen molar-refractivity contribution in [2.45, 2.75) is 19.4 Å². The highest BCUT2D eigenvalue weighted by molar-refractivity contribution is 5.55. The fraction of sp³-hybridized carbons (Fsp3) is 0.571. The van der Waals surface area contributed by atoms with Crippen LogP contribution in [0.4, 0.5) is 5.69 Å². The molecule has 0 radical (unpaired) electrons. The molecule has 2 heterocycles. The number of nitrogens with zero attached hydrogens (tertiary/aromatic N) is 4. The van der Waals surface area contributed by atoms with Gasteiger partial charge < -0.3 is 10.0 Å². The van der Waals surface area contributed by atoms with Crippen LogP contribution in [0.2, 0.25) is 0 Å². The van der Waals surface area contributed by atoms with Gasteiger partial charge in [-0.3, -0.25) is 4.90 Å². The molecular formula is C14H20N4O. The SMILES string of the molecule is CC(C)(O)CN1CCN(c2cccnc2C#N)CC1. The Kier molecular flexibility index (Phi) is 4.03. The maximum absolute atomic E-state index is 9.83. The number of rotatable bonds is 3. The lowest BCUT2D eigenvalue weighted by Gasteiger charge is -2.38. The number of aliphatic hydroxyl groups is 1. The van der Waals surface area contributed by atoms with Crippen molar-refractivity contribution in [1.29, 1.82) is 5.26 Å². The zero-order valence-corrected chi connectivity index (χ0v) is 11.5. The summed E-state index contributed by atoms with van der Waals surface area (Å²) < 4.78 is 0. The standard InChI is InChI=1S/C14H20N4O/c1-14(2,19)11-17-6-8-18(9-7-17)13-4-3-5-16-12(13)10-15/h3-5,19H,6-9,11H2,1-2H3. The van der Waals surface area contributed by atoms with Gasteiger partial charge in [-0.05, 0) is 26.0 Å². The van der Waals surface area contributed by atoms with Crippen molar-refractivity contribution in [3.8, 4) is 6.07 Å². The van der Waals surface area contributed by atoms with Gasteiger partial charge in [-0.25, -0.2) is 4.98 Å². The van der Waals surface area contributed by atoms with E-state index in [2.05, 4.69) is 20.9 Å². The number of aromatic nitrogens is 1. The van der Waals surface area contributed by atoms with E-state index in [0.29, 0.717) is 12.2 Å². The molecule has 1 fully saturated rings. The van der Waals surface area contributed by atoms with E-state index < -0.39 is 5.60 Å². The molecule has 102 valence electrons. The van der Waals surface area contributed by atoms with Crippen LogP contribution >= 0.6 is 0 Å². The smallest absolute Gasteiger partial charge is 0.163 e. The summed E-state index contributed by atoms with van der Waals surface area (Å²) in [5.41, 5.74) is 0.736. The molecule has 19 heavy (non-hydrogen) atoms. The number of pyridine rings is 1. The predicted molar refractivity (Wildman–Crippen MR) is 73.9 cm³/mol. The molecule has 2 rings (SSSR count). The van der Waals surface area contributed by atoms with Crippen LogP contribution in [0.15, 0.2) is 18.3 Å². The van der Waals surface area contributed by atoms with Crippen LogP contribution in [0.1, 0.15) is 19.5 Å². The molecule has 1 aliphatic heterocycles. The van der Waals surface area contributed by atoms with Crippen LogP contribution in [0, 0.1) is 11.3 Å². The average Bonchev–Trinajstić information content (AvgIpc) is 2.38. The van der Waals surface area contributed by atoms with Crippen molar-refractivity contribution in [2.24, 2.45) is 0 Å². The van der Waals surface area contributed by atoms with Crippen molar-refractivity contribution in [2.75, 3.05) is 37.6 Å². The monoisotopic (exact) mass is 260 g/mol. The largest absolute Gasteiger partial charge is 0.389 e. The molecular weight excluding hydrogens is 240 g/mol. The summed E-state index contributed by atoms with van der Waals surface area (Å²) in [7, 11) is 0. The summed E-state index contributed by atoms with van der Waals surface area (Å²) in [4.78, 5) is 8.53. The minimum Gasteiger partial charge on any atom is -0.389 e. The maximum Gasteiger partial charge on any atom is 0.163 e. The van der Waals surface area contributed by atoms with Gasteiger partial charge in [0.05, 0.1) is 11.3 Å². The Hall–Kier alpha value is -1.64. The van der Waals surface area contributed by atoms with Crippen LogP contribution in [0.5, 0.6) is 0 Å². The molecule has 0 amide bonds. The second-order valence-corrected chi connectivity index (χ2v) is 5.56. The molecule has 0 aliphatic carbocycles. The molecule has 0 aromatic carbocycles. The first kappa shape index (κ1) is 13.8. The Morgan fingerprint density at radius 3 is 2.63 bits per heavy atom. The van der Waals surface area contributed by atoms with Gasteiger partial charge in [0.1, 0.15) is 6.07 Å². The Morgan fingerprint density at radius 2 is 2.05 bits per heavy atom. The van der Waals surface area contributed by atoms with Gasteiger partial charge in [-0.2, -0.15) is 5.26 Å². The molecule has 0 unspecified atom stereocenters. The normalized spacial score (nSPS) is 17.3. The van der Waals surface area contributed by atoms with Crippen LogP contribution in [-0.4, -0.2) is 53.3 Å². The molecule has 1 aliphatic rings. The second-order valence-electron chi connectivity index (χ2n) is 5.56. The zero-order chi connectivity index (χ0) is 13.9. The highest BCUT2D eigenvalue weighted by Crippen LogP contribution is 2.19. The van der Waals surface area contributed by atoms with E-state index in [-0.39, 0.29) is 0 Å². The van der Waals surface area contributed by atoms with Crippen molar-refractivity contribution in [3.63, 3.8) is 0 Å². The van der Waals surface area contributed by atoms with Gasteiger partial charge in [-0.15, -0.1) is 0 Å². The Labute approximate surface area is 114 Å². The van der Waals surface area contributed by atoms with Crippen LogP contribution < -0.4 is 4.90 Å². The maximum atomic E-state index is 9.83. The average molecular weight is 260 g/mol. The lowest BCUT2D eigenvalue weighted by molar-refractivity contribution is 0.0345. The first-order valence-corrected chi connectivity index (χ1v) is 6.54. The Balaban J connectivity index is 1.99. The van der Waals surface area contributed by atoms with E-state index in [1.807, 2.05) is 26.0 Å². The third kappa shape index (κ3) is 3.66. The molecule has 0 saturated carbocycles. The molecule has 0 bridgehead atoms. The lowest BCUT2D eigenvalue weighted by atomic mass is 10.1. The van der Waals surface area contributed by atoms with E-state index in [9.17, 15) is 5.11 Å². The number of hydrogen-bond acceptors (Lipinski definition) is 5. The number of piperazine rings is 1. The molecule has 1 saturated heterocycles. The first-order valence-electron chi connectivity index (χ1n) is 6.54. The molecule has 1 aromatic rings. The van der Waals surface area contributed by atoms with Crippen molar-refractivity contribution in [1.82, 2.24) is 9.88 Å². The van der Waals surface area contributed by atoms with Gasteiger partial charge in [0.15, 0.2) is 5.69 Å². The van der Waals surface area contributed by atoms with E-state index in [4.69, 9.17) is 5.26 Å². The number of anilines is 1. The summed E-state index contributed by atoms with van der Waals surface area (Å²) in [5, 5.41) is 18.9. The lowest BCUT2D eigenvalue weighted by Crippen LogP contribution is -2.50. The van der Waals surface area contributed by atoms with Gasteiger partial charge in [-0.1, -0.05) is 0 Å². The number of β-amino-alcohol motifs (C(OH)–C–C–N with tert-alkyl or cyclic N) is 1. The van der Waals surface area contributed by atoms with Crippen molar-refractivity contribution < 1.29 is 5.11 Å². The number of hydrogen-bond donors (Lipinski definition) is 1. The highest BCUT2D eigenvalue weighted by Gasteiger charge is 2.23. The van der Waals surface area contributed by atoms with Gasteiger partial charge in [0.2, 0.25) is 0 Å². The second kappa shape index (κ2) is 5.55. The zero-order valence-electron chi connectivity index (χ0n) is 11.5. The van der Waals surface area contributed by atoms with Gasteiger partial charge in [0.25, 0.3) is 0 Å². The molecule has 5 nitrogen and oxygen atoms in total. The third-order valence-corrected chi connectivity index (χ3v) is 3.22. The fourth-order valence-electron chi connectivity index (χ4n) is 2.43. The topological polar surface area (TPSA) is 63.4 Å². The molecule has 0 spiro atoms. The first-order chi connectivity index (χ1) is 8.99. The van der Waals surface area contributed by atoms with Crippen molar-refractivity contribution in [3.05, 3.63) is 24.0 Å². The summed E-state index contributed by atoms with van der Waals surface area (Å²) in [6, 6.07) is 5.94. The van der Waals surface area contributed by atoms with Gasteiger partial charge >= 0.3 is 0 Å². The molecule has 0 atom stereocenters. The molecule has 1 N–H and O–H groups in total. The summed E-state index contributed by atoms with van der Waals surface area (Å²) in [6.45, 7) is 7.84. The van der Waals surface area contributed by atoms with E-state index >= 15 is 0 Å². The minimum atomic E-state index is -0.658. The highest BCUT2D eigenvalue weighted by atomic mass is 16.3. The van der Waals surface area contributed by atoms with E-state index in [1.54, 1.807) is 6.20 Å². The van der Waals surface area contributed by atoms with E-state index in [0.717, 1.165) is 31.9 Å². The predicted octanol–water partition coefficient (Wildman–Crippen LogP) is 0.846. The van der Waals surface area contributed by atoms with Crippen molar-refractivity contribution >= 4 is 5.69 Å². The summed E-state index contributed by atoms with van der Waals surface area (Å²) in [5.74, 6) is 0. The van der Waals surface area contributed by atoms with Crippen LogP contribution in [0.3, 0.4) is 0 Å². The molecule has 1 aromatic heterocycles.